The van der Waals surface area contributed by atoms with E-state index in [1.807, 2.05) is 12.1 Å². The number of hydrogen-bond donors (Lipinski definition) is 2. The van der Waals surface area contributed by atoms with Gasteiger partial charge in [-0.2, -0.15) is 0 Å². The van der Waals surface area contributed by atoms with E-state index in [9.17, 15) is 5.11 Å². The minimum Gasteiger partial charge on any atom is -0.394 e. The van der Waals surface area contributed by atoms with Crippen LogP contribution in [0.2, 0.25) is 0 Å². The molecule has 17 heavy (non-hydrogen) atoms. The highest BCUT2D eigenvalue weighted by atomic mass is 32.1. The van der Waals surface area contributed by atoms with E-state index in [0.717, 1.165) is 31.5 Å². The molecule has 92 valence electrons. The van der Waals surface area contributed by atoms with E-state index in [1.165, 1.54) is 0 Å². The fourth-order valence-electron chi connectivity index (χ4n) is 2.33. The maximum Gasteiger partial charge on any atom is 0.124 e. The third kappa shape index (κ3) is 2.56. The molecule has 1 unspecified atom stereocenters. The zero-order valence-electron chi connectivity index (χ0n) is 9.67. The molecule has 0 amide bonds. The van der Waals surface area contributed by atoms with E-state index in [0.29, 0.717) is 10.7 Å². The Kier molecular flexibility index (Phi) is 3.91. The number of nitrogens with two attached hydrogens (primary N) is 1. The number of piperidine rings is 1. The van der Waals surface area contributed by atoms with Crippen molar-refractivity contribution in [2.24, 2.45) is 5.73 Å². The summed E-state index contributed by atoms with van der Waals surface area (Å²) in [5.74, 6) is 0. The normalized spacial score (nSPS) is 20.3. The zero-order valence-corrected chi connectivity index (χ0v) is 10.5. The molecule has 0 saturated carbocycles. The van der Waals surface area contributed by atoms with Crippen molar-refractivity contribution in [1.82, 2.24) is 4.98 Å². The second kappa shape index (κ2) is 5.42. The minimum absolute atomic E-state index is 0.154. The largest absolute Gasteiger partial charge is 0.394 e. The number of aromatic nitrogens is 1. The summed E-state index contributed by atoms with van der Waals surface area (Å²) in [7, 11) is 0. The Bertz CT molecular complexity index is 410. The van der Waals surface area contributed by atoms with E-state index in [2.05, 4.69) is 9.88 Å². The van der Waals surface area contributed by atoms with Crippen LogP contribution in [-0.4, -0.2) is 34.3 Å². The number of aliphatic hydroxyl groups excluding tert-OH is 1. The summed E-state index contributed by atoms with van der Waals surface area (Å²) in [5.41, 5.74) is 7.29. The number of rotatable bonds is 3. The Morgan fingerprint density at radius 3 is 3.12 bits per heavy atom. The molecule has 1 saturated heterocycles. The first kappa shape index (κ1) is 12.3. The smallest absolute Gasteiger partial charge is 0.124 e. The first-order valence-corrected chi connectivity index (χ1v) is 6.27. The third-order valence-electron chi connectivity index (χ3n) is 3.17. The lowest BCUT2D eigenvalue weighted by atomic mass is 10.0. The highest BCUT2D eigenvalue weighted by Crippen LogP contribution is 2.26. The maximum atomic E-state index is 9.43. The molecule has 2 heterocycles. The van der Waals surface area contributed by atoms with Crippen molar-refractivity contribution >= 4 is 22.9 Å². The lowest BCUT2D eigenvalue weighted by Crippen LogP contribution is -2.43. The number of pyridine rings is 1. The molecule has 5 heteroatoms. The van der Waals surface area contributed by atoms with Crippen molar-refractivity contribution in [1.29, 1.82) is 0 Å². The van der Waals surface area contributed by atoms with E-state index < -0.39 is 0 Å². The average molecular weight is 251 g/mol. The first-order chi connectivity index (χ1) is 8.24. The van der Waals surface area contributed by atoms with Gasteiger partial charge in [0.15, 0.2) is 0 Å². The Morgan fingerprint density at radius 1 is 1.59 bits per heavy atom. The van der Waals surface area contributed by atoms with Gasteiger partial charge in [0.25, 0.3) is 0 Å². The van der Waals surface area contributed by atoms with E-state index in [4.69, 9.17) is 18.0 Å². The van der Waals surface area contributed by atoms with Gasteiger partial charge in [-0.1, -0.05) is 12.2 Å². The zero-order chi connectivity index (χ0) is 12.3. The molecule has 0 aromatic carbocycles. The average Bonchev–Trinajstić information content (AvgIpc) is 2.38. The molecule has 3 N–H and O–H groups in total. The second-order valence-corrected chi connectivity index (χ2v) is 4.70. The number of hydrogen-bond acceptors (Lipinski definition) is 4. The van der Waals surface area contributed by atoms with Crippen molar-refractivity contribution in [3.05, 3.63) is 24.0 Å². The summed E-state index contributed by atoms with van der Waals surface area (Å²) in [6, 6.07) is 4.00. The summed E-state index contributed by atoms with van der Waals surface area (Å²) in [6.07, 6.45) is 4.98. The van der Waals surface area contributed by atoms with Crippen molar-refractivity contribution in [3.63, 3.8) is 0 Å². The highest BCUT2D eigenvalue weighted by Gasteiger charge is 2.24. The molecular weight excluding hydrogens is 234 g/mol. The third-order valence-corrected chi connectivity index (χ3v) is 3.36. The standard InChI is InChI=1S/C12H17N3OS/c13-12(17)11-10(5-3-6-14-11)15-7-2-1-4-9(15)8-16/h3,5-6,9,16H,1-2,4,7-8H2,(H2,13,17). The number of nitrogens with zero attached hydrogens (tertiary/aromatic N) is 2. The molecule has 1 aromatic rings. The van der Waals surface area contributed by atoms with Gasteiger partial charge in [0.2, 0.25) is 0 Å². The fraction of sp³-hybridized carbons (Fsp3) is 0.500. The van der Waals surface area contributed by atoms with Crippen molar-refractivity contribution in [2.45, 2.75) is 25.3 Å². The molecule has 4 nitrogen and oxygen atoms in total. The van der Waals surface area contributed by atoms with Gasteiger partial charge in [0.1, 0.15) is 10.7 Å². The highest BCUT2D eigenvalue weighted by molar-refractivity contribution is 7.80. The van der Waals surface area contributed by atoms with Gasteiger partial charge in [-0.25, -0.2) is 0 Å². The van der Waals surface area contributed by atoms with Gasteiger partial charge in [-0.05, 0) is 31.4 Å². The molecule has 0 aliphatic carbocycles. The number of aliphatic hydroxyl groups is 1. The molecule has 1 aliphatic heterocycles. The van der Waals surface area contributed by atoms with Crippen molar-refractivity contribution in [2.75, 3.05) is 18.1 Å². The van der Waals surface area contributed by atoms with Crippen LogP contribution < -0.4 is 10.6 Å². The topological polar surface area (TPSA) is 62.4 Å². The van der Waals surface area contributed by atoms with Gasteiger partial charge >= 0.3 is 0 Å². The second-order valence-electron chi connectivity index (χ2n) is 4.26. The molecule has 2 rings (SSSR count). The van der Waals surface area contributed by atoms with E-state index >= 15 is 0 Å². The Hall–Kier alpha value is -1.20. The van der Waals surface area contributed by atoms with Gasteiger partial charge < -0.3 is 15.7 Å². The van der Waals surface area contributed by atoms with Crippen LogP contribution in [-0.2, 0) is 0 Å². The molecule has 1 aromatic heterocycles. The van der Waals surface area contributed by atoms with E-state index in [-0.39, 0.29) is 12.6 Å². The SMILES string of the molecule is NC(=S)c1ncccc1N1CCCCC1CO. The van der Waals surface area contributed by atoms with Gasteiger partial charge in [0, 0.05) is 12.7 Å². The summed E-state index contributed by atoms with van der Waals surface area (Å²) in [6.45, 7) is 1.08. The Labute approximate surface area is 106 Å². The predicted octanol–water partition coefficient (Wildman–Crippen LogP) is 1.07. The van der Waals surface area contributed by atoms with E-state index in [1.54, 1.807) is 6.20 Å². The van der Waals surface area contributed by atoms with Crippen LogP contribution in [0.5, 0.6) is 0 Å². The molecule has 1 atom stereocenters. The predicted molar refractivity (Wildman–Crippen MR) is 72.2 cm³/mol. The molecule has 0 bridgehead atoms. The van der Waals surface area contributed by atoms with Crippen LogP contribution in [0.4, 0.5) is 5.69 Å². The van der Waals surface area contributed by atoms with Crippen LogP contribution in [0.15, 0.2) is 18.3 Å². The Balaban J connectivity index is 2.34. The number of thiocarbonyl (C=S) groups is 1. The van der Waals surface area contributed by atoms with Crippen LogP contribution >= 0.6 is 12.2 Å². The monoisotopic (exact) mass is 251 g/mol. The lowest BCUT2D eigenvalue weighted by Gasteiger charge is -2.37. The summed E-state index contributed by atoms with van der Waals surface area (Å²) >= 11 is 5.02. The van der Waals surface area contributed by atoms with Gasteiger partial charge in [0.05, 0.1) is 18.3 Å². The minimum atomic E-state index is 0.154. The lowest BCUT2D eigenvalue weighted by molar-refractivity contribution is 0.240. The molecule has 1 aliphatic rings. The van der Waals surface area contributed by atoms with Gasteiger partial charge in [-0.15, -0.1) is 0 Å². The van der Waals surface area contributed by atoms with Gasteiger partial charge in [-0.3, -0.25) is 4.98 Å². The summed E-state index contributed by atoms with van der Waals surface area (Å²) in [4.78, 5) is 6.71. The van der Waals surface area contributed by atoms with Crippen LogP contribution in [0.3, 0.4) is 0 Å². The van der Waals surface area contributed by atoms with Crippen molar-refractivity contribution < 1.29 is 5.11 Å². The fourth-order valence-corrected chi connectivity index (χ4v) is 2.48. The van der Waals surface area contributed by atoms with Crippen molar-refractivity contribution in [3.8, 4) is 0 Å². The molecule has 0 spiro atoms. The summed E-state index contributed by atoms with van der Waals surface area (Å²) < 4.78 is 0. The summed E-state index contributed by atoms with van der Waals surface area (Å²) in [5, 5.41) is 9.43. The molecular formula is C12H17N3OS. The number of anilines is 1. The first-order valence-electron chi connectivity index (χ1n) is 5.86. The molecule has 1 fully saturated rings. The Morgan fingerprint density at radius 2 is 2.41 bits per heavy atom. The van der Waals surface area contributed by atoms with Crippen LogP contribution in [0, 0.1) is 0 Å². The maximum absolute atomic E-state index is 9.43. The van der Waals surface area contributed by atoms with Crippen LogP contribution in [0.25, 0.3) is 0 Å². The quantitative estimate of drug-likeness (QED) is 0.787. The molecule has 0 radical (unpaired) electrons. The van der Waals surface area contributed by atoms with Crippen LogP contribution in [0.1, 0.15) is 25.0 Å².